The lowest BCUT2D eigenvalue weighted by atomic mass is 9.85. The second-order valence-corrected chi connectivity index (χ2v) is 12.9. The number of amides is 1. The molecule has 2 saturated carbocycles. The number of carbonyl (C=O) groups is 2. The second-order valence-electron chi connectivity index (χ2n) is 12.0. The summed E-state index contributed by atoms with van der Waals surface area (Å²) in [6.07, 6.45) is 11.1. The van der Waals surface area contributed by atoms with Crippen molar-refractivity contribution in [2.24, 2.45) is 11.8 Å². The van der Waals surface area contributed by atoms with Gasteiger partial charge in [0.05, 0.1) is 25.4 Å². The maximum Gasteiger partial charge on any atom is 0.329 e. The third-order valence-electron chi connectivity index (χ3n) is 8.90. The third kappa shape index (κ3) is 8.14. The van der Waals surface area contributed by atoms with Gasteiger partial charge in [-0.2, -0.15) is 11.8 Å². The van der Waals surface area contributed by atoms with Crippen LogP contribution in [-0.4, -0.2) is 53.3 Å². The molecule has 0 spiro atoms. The van der Waals surface area contributed by atoms with Gasteiger partial charge in [0.15, 0.2) is 0 Å². The molecule has 2 aromatic carbocycles. The molecule has 0 radical (unpaired) electrons. The first-order valence-corrected chi connectivity index (χ1v) is 16.6. The molecule has 2 aromatic rings. The van der Waals surface area contributed by atoms with E-state index in [1.54, 1.807) is 11.8 Å². The first-order valence-electron chi connectivity index (χ1n) is 15.2. The monoisotopic (exact) mass is 581 g/mol. The highest BCUT2D eigenvalue weighted by atomic mass is 32.2. The van der Waals surface area contributed by atoms with E-state index in [9.17, 15) is 14.7 Å². The second kappa shape index (κ2) is 14.7. The molecule has 1 amide bonds. The van der Waals surface area contributed by atoms with Gasteiger partial charge in [-0.3, -0.25) is 4.79 Å². The molecule has 0 bridgehead atoms. The molecule has 6 nitrogen and oxygen atoms in total. The van der Waals surface area contributed by atoms with E-state index >= 15 is 0 Å². The number of ether oxygens (including phenoxy) is 2. The normalized spacial score (nSPS) is 22.2. The number of benzene rings is 2. The van der Waals surface area contributed by atoms with E-state index < -0.39 is 11.5 Å². The summed E-state index contributed by atoms with van der Waals surface area (Å²) in [5.74, 6) is 0.0138. The number of nitrogens with one attached hydrogen (secondary N) is 1. The number of hydrogen-bond donors (Lipinski definition) is 2. The fourth-order valence-electron chi connectivity index (χ4n) is 6.03. The van der Waals surface area contributed by atoms with Crippen LogP contribution in [0.3, 0.4) is 0 Å². The summed E-state index contributed by atoms with van der Waals surface area (Å²) in [5, 5.41) is 12.8. The Balaban J connectivity index is 1.55. The zero-order chi connectivity index (χ0) is 29.4. The summed E-state index contributed by atoms with van der Waals surface area (Å²) in [5.41, 5.74) is 3.08. The summed E-state index contributed by atoms with van der Waals surface area (Å²) < 4.78 is 12.6. The van der Waals surface area contributed by atoms with Crippen molar-refractivity contribution >= 4 is 23.6 Å². The molecule has 0 heterocycles. The molecule has 2 fully saturated rings. The van der Waals surface area contributed by atoms with Crippen molar-refractivity contribution in [1.29, 1.82) is 0 Å². The number of aliphatic carboxylic acids is 1. The van der Waals surface area contributed by atoms with Gasteiger partial charge < -0.3 is 19.9 Å². The molecule has 2 aliphatic carbocycles. The molecule has 2 aliphatic rings. The van der Waals surface area contributed by atoms with Crippen molar-refractivity contribution in [1.82, 2.24) is 5.32 Å². The number of thioether (sulfide) groups is 1. The van der Waals surface area contributed by atoms with Crippen LogP contribution in [0.4, 0.5) is 0 Å². The van der Waals surface area contributed by atoms with E-state index in [1.165, 1.54) is 32.1 Å². The predicted molar refractivity (Wildman–Crippen MR) is 166 cm³/mol. The van der Waals surface area contributed by atoms with E-state index in [2.05, 4.69) is 19.2 Å². The van der Waals surface area contributed by atoms with Crippen LogP contribution in [0.15, 0.2) is 42.5 Å². The van der Waals surface area contributed by atoms with Gasteiger partial charge in [-0.1, -0.05) is 69.4 Å². The van der Waals surface area contributed by atoms with Gasteiger partial charge in [-0.15, -0.1) is 0 Å². The molecule has 4 rings (SSSR count). The lowest BCUT2D eigenvalue weighted by molar-refractivity contribution is -0.140. The third-order valence-corrected chi connectivity index (χ3v) is 9.64. The zero-order valence-electron chi connectivity index (χ0n) is 25.1. The lowest BCUT2D eigenvalue weighted by Gasteiger charge is -2.27. The summed E-state index contributed by atoms with van der Waals surface area (Å²) >= 11 is 1.61. The minimum Gasteiger partial charge on any atom is -0.479 e. The summed E-state index contributed by atoms with van der Waals surface area (Å²) in [6, 6.07) is 13.8. The van der Waals surface area contributed by atoms with Crippen LogP contribution in [0.5, 0.6) is 0 Å². The summed E-state index contributed by atoms with van der Waals surface area (Å²) in [7, 11) is 0. The molecule has 4 atom stereocenters. The standard InChI is InChI=1S/C34H47NO5S/c1-5-24(3)39-21-28(17-25-12-7-6-8-13-25)40-20-26-15-16-30(31(18-26)29-14-10-9-11-23(29)2)32(36)35-34(33(37)38)19-27(34)22-41-4/h9-11,14-16,18,24-25,27-28H,5-8,12-13,17,19-22H2,1-4H3,(H,35,36)(H,37,38)/t24?,27?,28-,34?/m0/s1. The molecule has 224 valence electrons. The number of carboxylic acid groups (broad SMARTS) is 1. The molecule has 0 aliphatic heterocycles. The Morgan fingerprint density at radius 2 is 1.85 bits per heavy atom. The van der Waals surface area contributed by atoms with E-state index in [-0.39, 0.29) is 24.0 Å². The number of aryl methyl sites for hydroxylation is 1. The molecule has 2 N–H and O–H groups in total. The average Bonchev–Trinajstić information content (AvgIpc) is 3.68. The van der Waals surface area contributed by atoms with Crippen LogP contribution in [0.1, 0.15) is 86.7 Å². The molecular weight excluding hydrogens is 534 g/mol. The number of carboxylic acids is 1. The summed E-state index contributed by atoms with van der Waals surface area (Å²) in [4.78, 5) is 25.8. The SMILES string of the molecule is CCC(C)OC[C@H](CC1CCCCC1)OCc1ccc(C(=O)NC2(C(=O)O)CC2CSC)c(-c2ccccc2C)c1. The number of carbonyl (C=O) groups excluding carboxylic acids is 1. The maximum absolute atomic E-state index is 13.6. The van der Waals surface area contributed by atoms with Crippen molar-refractivity contribution in [3.63, 3.8) is 0 Å². The van der Waals surface area contributed by atoms with Crippen molar-refractivity contribution in [2.75, 3.05) is 18.6 Å². The highest BCUT2D eigenvalue weighted by Crippen LogP contribution is 2.46. The number of hydrogen-bond acceptors (Lipinski definition) is 5. The van der Waals surface area contributed by atoms with E-state index in [0.29, 0.717) is 36.9 Å². The van der Waals surface area contributed by atoms with Gasteiger partial charge in [-0.25, -0.2) is 4.79 Å². The van der Waals surface area contributed by atoms with Gasteiger partial charge in [0.25, 0.3) is 5.91 Å². The lowest BCUT2D eigenvalue weighted by Crippen LogP contribution is -2.45. The topological polar surface area (TPSA) is 84.9 Å². The molecule has 41 heavy (non-hydrogen) atoms. The van der Waals surface area contributed by atoms with Gasteiger partial charge in [0.2, 0.25) is 0 Å². The molecule has 3 unspecified atom stereocenters. The van der Waals surface area contributed by atoms with Gasteiger partial charge in [-0.05, 0) is 85.4 Å². The Morgan fingerprint density at radius 3 is 2.54 bits per heavy atom. The Morgan fingerprint density at radius 1 is 1.10 bits per heavy atom. The average molecular weight is 582 g/mol. The molecular formula is C34H47NO5S. The molecule has 0 aromatic heterocycles. The first-order chi connectivity index (χ1) is 19.8. The van der Waals surface area contributed by atoms with Crippen LogP contribution in [0.2, 0.25) is 0 Å². The Hall–Kier alpha value is -2.35. The van der Waals surface area contributed by atoms with Crippen LogP contribution in [0, 0.1) is 18.8 Å². The largest absolute Gasteiger partial charge is 0.479 e. The highest BCUT2D eigenvalue weighted by Gasteiger charge is 2.61. The van der Waals surface area contributed by atoms with Crippen molar-refractivity contribution in [3.05, 3.63) is 59.2 Å². The van der Waals surface area contributed by atoms with Crippen molar-refractivity contribution in [3.8, 4) is 11.1 Å². The zero-order valence-corrected chi connectivity index (χ0v) is 25.9. The van der Waals surface area contributed by atoms with Gasteiger partial charge in [0.1, 0.15) is 5.54 Å². The highest BCUT2D eigenvalue weighted by molar-refractivity contribution is 7.98. The first kappa shape index (κ1) is 31.6. The minimum atomic E-state index is -1.19. The summed E-state index contributed by atoms with van der Waals surface area (Å²) in [6.45, 7) is 7.29. The van der Waals surface area contributed by atoms with Gasteiger partial charge >= 0.3 is 5.97 Å². The minimum absolute atomic E-state index is 0.0237. The van der Waals surface area contributed by atoms with Gasteiger partial charge in [0, 0.05) is 11.5 Å². The number of rotatable bonds is 15. The van der Waals surface area contributed by atoms with E-state index in [4.69, 9.17) is 9.47 Å². The van der Waals surface area contributed by atoms with Crippen molar-refractivity contribution in [2.45, 2.75) is 96.5 Å². The van der Waals surface area contributed by atoms with Crippen LogP contribution in [-0.2, 0) is 20.9 Å². The van der Waals surface area contributed by atoms with E-state index in [1.807, 2.05) is 55.6 Å². The van der Waals surface area contributed by atoms with Crippen LogP contribution >= 0.6 is 11.8 Å². The quantitative estimate of drug-likeness (QED) is 0.230. The maximum atomic E-state index is 13.6. The Kier molecular flexibility index (Phi) is 11.3. The predicted octanol–water partition coefficient (Wildman–Crippen LogP) is 7.27. The van der Waals surface area contributed by atoms with E-state index in [0.717, 1.165) is 35.1 Å². The smallest absolute Gasteiger partial charge is 0.329 e. The van der Waals surface area contributed by atoms with Crippen LogP contribution < -0.4 is 5.32 Å². The van der Waals surface area contributed by atoms with Crippen LogP contribution in [0.25, 0.3) is 11.1 Å². The fraction of sp³-hybridized carbons (Fsp3) is 0.588. The fourth-order valence-corrected chi connectivity index (χ4v) is 6.83. The molecule has 0 saturated heterocycles. The van der Waals surface area contributed by atoms with Crippen molar-refractivity contribution < 1.29 is 24.2 Å². The Bertz CT molecular complexity index is 1180. The molecule has 7 heteroatoms. The Labute approximate surface area is 250 Å².